The van der Waals surface area contributed by atoms with E-state index < -0.39 is 0 Å². The van der Waals surface area contributed by atoms with Gasteiger partial charge in [-0.3, -0.25) is 10.7 Å². The lowest BCUT2D eigenvalue weighted by atomic mass is 10.5. The van der Waals surface area contributed by atoms with Gasteiger partial charge in [0.2, 0.25) is 0 Å². The van der Waals surface area contributed by atoms with Crippen LogP contribution in [0.4, 0.5) is 0 Å². The molecule has 0 aliphatic carbocycles. The SMILES string of the molecule is CN(CCCI)CN(N)I. The zero-order valence-corrected chi connectivity index (χ0v) is 10.4. The van der Waals surface area contributed by atoms with E-state index in [-0.39, 0.29) is 0 Å². The van der Waals surface area contributed by atoms with Crippen molar-refractivity contribution in [1.29, 1.82) is 0 Å². The largest absolute Gasteiger partial charge is 0.292 e. The van der Waals surface area contributed by atoms with Crippen molar-refractivity contribution in [1.82, 2.24) is 8.12 Å². The summed E-state index contributed by atoms with van der Waals surface area (Å²) in [5, 5.41) is 0. The average molecular weight is 369 g/mol. The predicted octanol–water partition coefficient (Wildman–Crippen LogP) is 1.23. The Hall–Kier alpha value is 1.34. The van der Waals surface area contributed by atoms with E-state index in [4.69, 9.17) is 5.84 Å². The van der Waals surface area contributed by atoms with Crippen LogP contribution in [0.1, 0.15) is 6.42 Å². The Morgan fingerprint density at radius 2 is 2.10 bits per heavy atom. The first-order valence-corrected chi connectivity index (χ1v) is 5.58. The Kier molecular flexibility index (Phi) is 7.95. The highest BCUT2D eigenvalue weighted by Crippen LogP contribution is 1.95. The van der Waals surface area contributed by atoms with E-state index in [1.165, 1.54) is 10.8 Å². The van der Waals surface area contributed by atoms with Crippen molar-refractivity contribution >= 4 is 45.5 Å². The zero-order valence-electron chi connectivity index (χ0n) is 6.06. The van der Waals surface area contributed by atoms with Crippen molar-refractivity contribution in [2.24, 2.45) is 5.84 Å². The molecule has 3 nitrogen and oxygen atoms in total. The summed E-state index contributed by atoms with van der Waals surface area (Å²) in [5.74, 6) is 5.44. The van der Waals surface area contributed by atoms with Crippen LogP contribution >= 0.6 is 45.5 Å². The Balaban J connectivity index is 3.16. The maximum atomic E-state index is 5.44. The van der Waals surface area contributed by atoms with Gasteiger partial charge < -0.3 is 0 Å². The molecule has 0 aromatic heterocycles. The normalized spacial score (nSPS) is 11.4. The van der Waals surface area contributed by atoms with Crippen LogP contribution in [-0.4, -0.2) is 32.8 Å². The Labute approximate surface area is 89.9 Å². The van der Waals surface area contributed by atoms with Gasteiger partial charge in [0.25, 0.3) is 0 Å². The molecule has 0 radical (unpaired) electrons. The van der Waals surface area contributed by atoms with Gasteiger partial charge in [-0.1, -0.05) is 22.6 Å². The maximum Gasteiger partial charge on any atom is 0.0747 e. The van der Waals surface area contributed by atoms with E-state index in [1.807, 2.05) is 0 Å². The van der Waals surface area contributed by atoms with Crippen molar-refractivity contribution in [2.45, 2.75) is 6.42 Å². The van der Waals surface area contributed by atoms with Crippen LogP contribution in [0.15, 0.2) is 0 Å². The molecule has 0 unspecified atom stereocenters. The Morgan fingerprint density at radius 3 is 2.50 bits per heavy atom. The molecular weight excluding hydrogens is 356 g/mol. The number of nitrogens with zero attached hydrogens (tertiary/aromatic N) is 2. The van der Waals surface area contributed by atoms with Crippen molar-refractivity contribution in [3.05, 3.63) is 0 Å². The third kappa shape index (κ3) is 7.45. The molecule has 0 atom stereocenters. The van der Waals surface area contributed by atoms with Gasteiger partial charge in [0.1, 0.15) is 0 Å². The van der Waals surface area contributed by atoms with Gasteiger partial charge in [-0.2, -0.15) is 3.22 Å². The van der Waals surface area contributed by atoms with Gasteiger partial charge in [-0.25, -0.2) is 0 Å². The first-order valence-electron chi connectivity index (χ1n) is 3.09. The number of alkyl halides is 1. The van der Waals surface area contributed by atoms with E-state index in [0.717, 1.165) is 13.2 Å². The van der Waals surface area contributed by atoms with Crippen LogP contribution in [-0.2, 0) is 0 Å². The number of hydrogen-bond donors (Lipinski definition) is 1. The highest BCUT2D eigenvalue weighted by molar-refractivity contribution is 14.1. The molecule has 0 spiro atoms. The van der Waals surface area contributed by atoms with Crippen molar-refractivity contribution in [2.75, 3.05) is 24.7 Å². The molecule has 2 N–H and O–H groups in total. The molecule has 0 bridgehead atoms. The highest BCUT2D eigenvalue weighted by atomic mass is 127. The number of hydrogen-bond acceptors (Lipinski definition) is 3. The van der Waals surface area contributed by atoms with Crippen LogP contribution < -0.4 is 5.84 Å². The fourth-order valence-corrected chi connectivity index (χ4v) is 1.49. The highest BCUT2D eigenvalue weighted by Gasteiger charge is 1.98. The second kappa shape index (κ2) is 7.01. The van der Waals surface area contributed by atoms with Crippen LogP contribution in [0.2, 0.25) is 0 Å². The summed E-state index contributed by atoms with van der Waals surface area (Å²) in [7, 11) is 2.07. The maximum absolute atomic E-state index is 5.44. The summed E-state index contributed by atoms with van der Waals surface area (Å²) in [5.41, 5.74) is 0. The monoisotopic (exact) mass is 369 g/mol. The van der Waals surface area contributed by atoms with E-state index in [1.54, 1.807) is 3.22 Å². The number of halogens is 2. The molecule has 0 aliphatic rings. The quantitative estimate of drug-likeness (QED) is 0.198. The van der Waals surface area contributed by atoms with Gasteiger partial charge in [0.05, 0.1) is 6.67 Å². The standard InChI is InChI=1S/C5H13I2N3/c1-9(4-2-3-6)5-10(7)8/h2-5,8H2,1H3. The van der Waals surface area contributed by atoms with Crippen molar-refractivity contribution < 1.29 is 0 Å². The fraction of sp³-hybridized carbons (Fsp3) is 1.00. The molecule has 62 valence electrons. The lowest BCUT2D eigenvalue weighted by molar-refractivity contribution is 0.260. The second-order valence-corrected chi connectivity index (χ2v) is 4.48. The average Bonchev–Trinajstić information content (AvgIpc) is 1.82. The van der Waals surface area contributed by atoms with Crippen molar-refractivity contribution in [3.63, 3.8) is 0 Å². The molecule has 0 saturated carbocycles. The van der Waals surface area contributed by atoms with Crippen LogP contribution in [0.3, 0.4) is 0 Å². The third-order valence-corrected chi connectivity index (χ3v) is 2.12. The molecule has 0 saturated heterocycles. The van der Waals surface area contributed by atoms with Crippen LogP contribution in [0, 0.1) is 0 Å². The number of hydrazine groups is 1. The molecule has 5 heteroatoms. The van der Waals surface area contributed by atoms with E-state index in [9.17, 15) is 0 Å². The fourth-order valence-electron chi connectivity index (χ4n) is 0.631. The van der Waals surface area contributed by atoms with E-state index in [0.29, 0.717) is 0 Å². The predicted molar refractivity (Wildman–Crippen MR) is 61.0 cm³/mol. The summed E-state index contributed by atoms with van der Waals surface area (Å²) in [4.78, 5) is 2.20. The van der Waals surface area contributed by atoms with Gasteiger partial charge in [0.15, 0.2) is 0 Å². The number of rotatable bonds is 5. The van der Waals surface area contributed by atoms with E-state index in [2.05, 4.69) is 57.4 Å². The summed E-state index contributed by atoms with van der Waals surface area (Å²) >= 11 is 4.46. The van der Waals surface area contributed by atoms with Crippen LogP contribution in [0.25, 0.3) is 0 Å². The molecule has 0 heterocycles. The Morgan fingerprint density at radius 1 is 1.50 bits per heavy atom. The van der Waals surface area contributed by atoms with Gasteiger partial charge in [0, 0.05) is 27.3 Å². The summed E-state index contributed by atoms with van der Waals surface area (Å²) in [6.07, 6.45) is 1.24. The number of nitrogens with two attached hydrogens (primary N) is 1. The molecular formula is C5H13I2N3. The van der Waals surface area contributed by atoms with Crippen molar-refractivity contribution in [3.8, 4) is 0 Å². The summed E-state index contributed by atoms with van der Waals surface area (Å²) < 4.78 is 2.87. The van der Waals surface area contributed by atoms with Gasteiger partial charge in [-0.15, -0.1) is 0 Å². The zero-order chi connectivity index (χ0) is 7.98. The molecule has 0 aliphatic heterocycles. The van der Waals surface area contributed by atoms with Gasteiger partial charge >= 0.3 is 0 Å². The molecule has 10 heavy (non-hydrogen) atoms. The lowest BCUT2D eigenvalue weighted by Gasteiger charge is -2.18. The van der Waals surface area contributed by atoms with Crippen LogP contribution in [0.5, 0.6) is 0 Å². The van der Waals surface area contributed by atoms with Gasteiger partial charge in [-0.05, 0) is 20.0 Å². The topological polar surface area (TPSA) is 32.5 Å². The molecule has 0 amide bonds. The smallest absolute Gasteiger partial charge is 0.0747 e. The molecule has 0 aromatic rings. The summed E-state index contributed by atoms with van der Waals surface area (Å²) in [6.45, 7) is 1.96. The minimum atomic E-state index is 0.831. The minimum Gasteiger partial charge on any atom is -0.292 e. The Bertz CT molecular complexity index is 79.3. The minimum absolute atomic E-state index is 0.831. The first kappa shape index (κ1) is 11.3. The first-order chi connectivity index (χ1) is 4.66. The molecule has 0 aromatic carbocycles. The molecule has 0 fully saturated rings. The lowest BCUT2D eigenvalue weighted by Crippen LogP contribution is -2.33. The molecule has 0 rings (SSSR count). The third-order valence-electron chi connectivity index (χ3n) is 1.05. The second-order valence-electron chi connectivity index (χ2n) is 2.16. The van der Waals surface area contributed by atoms with E-state index >= 15 is 0 Å². The summed E-state index contributed by atoms with van der Waals surface area (Å²) in [6, 6.07) is 0.